The monoisotopic (exact) mass is 800 g/mol. The molecule has 0 spiro atoms. The first-order valence-electron chi connectivity index (χ1n) is 19.3. The quantitative estimate of drug-likeness (QED) is 0.0655. The SMILES string of the molecule is C=CCOC(=O)[C@H](Cc1cn(C(=O)OC(C)(C)C)c2ccccc12)N(C)C(=O)[C@H](CCCCNC(=O)OC(C)(C)C)NC(=O)[C@@H](N)CCCNC(=O)OC(C)(C)C. The van der Waals surface area contributed by atoms with Crippen LogP contribution in [0.4, 0.5) is 14.4 Å². The lowest BCUT2D eigenvalue weighted by atomic mass is 10.0. The first-order chi connectivity index (χ1) is 26.4. The van der Waals surface area contributed by atoms with Crippen LogP contribution < -0.4 is 21.7 Å². The number of nitrogens with one attached hydrogen (secondary N) is 3. The van der Waals surface area contributed by atoms with Crippen molar-refractivity contribution in [1.29, 1.82) is 0 Å². The van der Waals surface area contributed by atoms with Gasteiger partial charge in [0.2, 0.25) is 11.8 Å². The highest BCUT2D eigenvalue weighted by molar-refractivity contribution is 5.94. The Balaban J connectivity index is 2.34. The maximum Gasteiger partial charge on any atom is 0.419 e. The third kappa shape index (κ3) is 17.3. The van der Waals surface area contributed by atoms with Crippen LogP contribution in [0.2, 0.25) is 0 Å². The normalized spacial score (nSPS) is 13.4. The van der Waals surface area contributed by atoms with Gasteiger partial charge in [0, 0.05) is 38.1 Å². The van der Waals surface area contributed by atoms with Gasteiger partial charge in [0.05, 0.1) is 11.6 Å². The summed E-state index contributed by atoms with van der Waals surface area (Å²) < 4.78 is 23.0. The van der Waals surface area contributed by atoms with Crippen molar-refractivity contribution < 1.29 is 47.7 Å². The average molecular weight is 801 g/mol. The van der Waals surface area contributed by atoms with Gasteiger partial charge in [-0.05, 0) is 106 Å². The number of aromatic nitrogens is 1. The number of amides is 4. The maximum atomic E-state index is 14.3. The molecule has 0 aliphatic rings. The molecule has 0 aliphatic heterocycles. The second-order valence-electron chi connectivity index (χ2n) is 16.8. The molecule has 16 heteroatoms. The predicted molar refractivity (Wildman–Crippen MR) is 216 cm³/mol. The molecule has 1 aromatic carbocycles. The number of benzene rings is 1. The second kappa shape index (κ2) is 21.4. The van der Waals surface area contributed by atoms with Crippen LogP contribution in [0, 0.1) is 0 Å². The van der Waals surface area contributed by atoms with E-state index in [9.17, 15) is 28.8 Å². The molecule has 1 aromatic heterocycles. The Bertz CT molecular complexity index is 1700. The molecule has 4 amide bonds. The number of fused-ring (bicyclic) bond motifs is 1. The number of carbonyl (C=O) groups excluding carboxylic acids is 6. The highest BCUT2D eigenvalue weighted by atomic mass is 16.6. The van der Waals surface area contributed by atoms with Gasteiger partial charge in [-0.25, -0.2) is 19.2 Å². The summed E-state index contributed by atoms with van der Waals surface area (Å²) in [5.41, 5.74) is 5.26. The lowest BCUT2D eigenvalue weighted by molar-refractivity contribution is -0.154. The van der Waals surface area contributed by atoms with E-state index in [0.717, 1.165) is 0 Å². The smallest absolute Gasteiger partial charge is 0.419 e. The fourth-order valence-corrected chi connectivity index (χ4v) is 5.57. The Labute approximate surface area is 336 Å². The number of carbonyl (C=O) groups is 6. The van der Waals surface area contributed by atoms with Crippen molar-refractivity contribution in [3.63, 3.8) is 0 Å². The summed E-state index contributed by atoms with van der Waals surface area (Å²) in [7, 11) is 1.45. The molecule has 0 unspecified atom stereocenters. The van der Waals surface area contributed by atoms with E-state index in [0.29, 0.717) is 35.7 Å². The number of hydrogen-bond donors (Lipinski definition) is 4. The number of rotatable bonds is 18. The van der Waals surface area contributed by atoms with E-state index in [1.54, 1.807) is 92.8 Å². The van der Waals surface area contributed by atoms with Crippen LogP contribution in [0.25, 0.3) is 10.9 Å². The van der Waals surface area contributed by atoms with Crippen LogP contribution in [0.1, 0.15) is 100.0 Å². The molecule has 1 heterocycles. The van der Waals surface area contributed by atoms with E-state index >= 15 is 0 Å². The maximum absolute atomic E-state index is 14.3. The summed E-state index contributed by atoms with van der Waals surface area (Å²) >= 11 is 0. The van der Waals surface area contributed by atoms with Crippen LogP contribution in [0.5, 0.6) is 0 Å². The minimum atomic E-state index is -1.18. The van der Waals surface area contributed by atoms with Gasteiger partial charge in [-0.1, -0.05) is 30.9 Å². The number of unbranched alkanes of at least 4 members (excludes halogenated alkanes) is 1. The molecule has 0 aliphatic carbocycles. The Morgan fingerprint density at radius 1 is 0.825 bits per heavy atom. The van der Waals surface area contributed by atoms with E-state index in [-0.39, 0.29) is 39.0 Å². The molecule has 16 nitrogen and oxygen atoms in total. The molecule has 2 rings (SSSR count). The fraction of sp³-hybridized carbons (Fsp3) is 0.610. The van der Waals surface area contributed by atoms with E-state index in [4.69, 9.17) is 24.7 Å². The third-order valence-corrected chi connectivity index (χ3v) is 8.13. The van der Waals surface area contributed by atoms with Crippen LogP contribution >= 0.6 is 0 Å². The standard InChI is InChI=1S/C41H64N6O10/c1-12-24-54-35(50)32(25-27-26-47(38(53)57-41(8,9)10)31-21-14-13-18-28(27)31)46(11)34(49)30(20-15-16-22-43-36(51)55-39(2,3)4)45-33(48)29(42)19-17-23-44-37(52)56-40(5,6)7/h12-14,18,21,26,29-30,32H,1,15-17,19-20,22-25,42H2,2-11H3,(H,43,51)(H,44,52)(H,45,48)/t29-,30-,32-/m0/s1. The number of para-hydroxylation sites is 1. The molecule has 2 aromatic rings. The predicted octanol–water partition coefficient (Wildman–Crippen LogP) is 5.34. The van der Waals surface area contributed by atoms with E-state index in [2.05, 4.69) is 22.5 Å². The molecule has 3 atom stereocenters. The first-order valence-corrected chi connectivity index (χ1v) is 19.3. The summed E-state index contributed by atoms with van der Waals surface area (Å²) in [6.07, 6.45) is 2.69. The summed E-state index contributed by atoms with van der Waals surface area (Å²) in [5, 5.41) is 8.75. The molecule has 0 radical (unpaired) electrons. The topological polar surface area (TPSA) is 210 Å². The van der Waals surface area contributed by atoms with Crippen LogP contribution in [-0.2, 0) is 39.8 Å². The van der Waals surface area contributed by atoms with Gasteiger partial charge in [-0.3, -0.25) is 14.2 Å². The lowest BCUT2D eigenvalue weighted by Gasteiger charge is -2.31. The zero-order valence-corrected chi connectivity index (χ0v) is 35.3. The number of nitrogens with two attached hydrogens (primary N) is 1. The number of alkyl carbamates (subject to hydrolysis) is 2. The highest BCUT2D eigenvalue weighted by Crippen LogP contribution is 2.26. The lowest BCUT2D eigenvalue weighted by Crippen LogP contribution is -2.55. The van der Waals surface area contributed by atoms with E-state index in [1.165, 1.54) is 22.6 Å². The van der Waals surface area contributed by atoms with Crippen molar-refractivity contribution in [1.82, 2.24) is 25.4 Å². The fourth-order valence-electron chi connectivity index (χ4n) is 5.57. The zero-order valence-electron chi connectivity index (χ0n) is 35.3. The average Bonchev–Trinajstić information content (AvgIpc) is 3.46. The number of hydrogen-bond acceptors (Lipinski definition) is 11. The molecular formula is C41H64N6O10. The van der Waals surface area contributed by atoms with Gasteiger partial charge in [-0.2, -0.15) is 0 Å². The third-order valence-electron chi connectivity index (χ3n) is 8.13. The minimum absolute atomic E-state index is 0.0425. The van der Waals surface area contributed by atoms with Gasteiger partial charge < -0.3 is 45.5 Å². The molecule has 318 valence electrons. The Morgan fingerprint density at radius 3 is 1.95 bits per heavy atom. The van der Waals surface area contributed by atoms with Gasteiger partial charge in [0.15, 0.2) is 0 Å². The number of ether oxygens (including phenoxy) is 4. The Morgan fingerprint density at radius 2 is 1.39 bits per heavy atom. The van der Waals surface area contributed by atoms with Crippen molar-refractivity contribution in [2.24, 2.45) is 5.73 Å². The van der Waals surface area contributed by atoms with Crippen LogP contribution in [-0.4, -0.2) is 107 Å². The molecule has 57 heavy (non-hydrogen) atoms. The molecule has 0 saturated carbocycles. The molecule has 5 N–H and O–H groups in total. The van der Waals surface area contributed by atoms with Crippen molar-refractivity contribution in [3.8, 4) is 0 Å². The van der Waals surface area contributed by atoms with Crippen molar-refractivity contribution >= 4 is 47.0 Å². The van der Waals surface area contributed by atoms with Crippen molar-refractivity contribution in [2.75, 3.05) is 26.7 Å². The van der Waals surface area contributed by atoms with Crippen LogP contribution in [0.15, 0.2) is 43.1 Å². The van der Waals surface area contributed by atoms with Gasteiger partial charge in [-0.15, -0.1) is 0 Å². The number of nitrogens with zero attached hydrogens (tertiary/aromatic N) is 2. The molecule has 0 saturated heterocycles. The van der Waals surface area contributed by atoms with Crippen molar-refractivity contribution in [3.05, 3.63) is 48.7 Å². The Kier molecular flexibility index (Phi) is 18.0. The van der Waals surface area contributed by atoms with E-state index < -0.39 is 71.0 Å². The number of likely N-dealkylation sites (N-methyl/N-ethyl adjacent to an activating group) is 1. The first kappa shape index (κ1) is 48.0. The molecule has 0 fully saturated rings. The van der Waals surface area contributed by atoms with Gasteiger partial charge in [0.1, 0.15) is 35.5 Å². The minimum Gasteiger partial charge on any atom is -0.460 e. The highest BCUT2D eigenvalue weighted by Gasteiger charge is 2.35. The van der Waals surface area contributed by atoms with E-state index in [1.807, 2.05) is 0 Å². The zero-order chi connectivity index (χ0) is 43.1. The van der Waals surface area contributed by atoms with Crippen LogP contribution in [0.3, 0.4) is 0 Å². The number of esters is 1. The Hall–Kier alpha value is -5.12. The molecule has 0 bridgehead atoms. The second-order valence-corrected chi connectivity index (χ2v) is 16.8. The summed E-state index contributed by atoms with van der Waals surface area (Å²) in [5.74, 6) is -1.91. The van der Waals surface area contributed by atoms with Gasteiger partial charge in [0.25, 0.3) is 0 Å². The van der Waals surface area contributed by atoms with Crippen molar-refractivity contribution in [2.45, 2.75) is 136 Å². The van der Waals surface area contributed by atoms with Gasteiger partial charge >= 0.3 is 24.2 Å². The largest absolute Gasteiger partial charge is 0.460 e. The summed E-state index contributed by atoms with van der Waals surface area (Å²) in [4.78, 5) is 80.0. The summed E-state index contributed by atoms with van der Waals surface area (Å²) in [6.45, 7) is 19.7. The summed E-state index contributed by atoms with van der Waals surface area (Å²) in [6, 6.07) is 3.81. The molecular weight excluding hydrogens is 736 g/mol.